The number of aromatic nitrogens is 2. The number of carbonyl (C=O) groups is 5. The van der Waals surface area contributed by atoms with Crippen molar-refractivity contribution in [2.75, 3.05) is 5.75 Å². The molecule has 154 valence electrons. The zero-order valence-corrected chi connectivity index (χ0v) is 16.7. The third-order valence-corrected chi connectivity index (χ3v) is 5.00. The van der Waals surface area contributed by atoms with Gasteiger partial charge in [-0.05, 0) is 13.3 Å². The van der Waals surface area contributed by atoms with Gasteiger partial charge in [-0.15, -0.1) is 0 Å². The van der Waals surface area contributed by atoms with E-state index in [9.17, 15) is 24.0 Å². The molecule has 1 rings (SSSR count). The van der Waals surface area contributed by atoms with Crippen LogP contribution in [0.5, 0.6) is 0 Å². The van der Waals surface area contributed by atoms with Crippen LogP contribution in [0.2, 0.25) is 0 Å². The van der Waals surface area contributed by atoms with Crippen LogP contribution in [-0.4, -0.2) is 55.4 Å². The molecule has 0 fully saturated rings. The number of carboxylic acid groups (broad SMARTS) is 1. The maximum Gasteiger partial charge on any atom is 0.327 e. The Hall–Kier alpha value is -2.49. The van der Waals surface area contributed by atoms with Gasteiger partial charge in [-0.3, -0.25) is 14.4 Å². The summed E-state index contributed by atoms with van der Waals surface area (Å²) in [4.78, 5) is 64.9. The zero-order valence-electron chi connectivity index (χ0n) is 15.9. The van der Waals surface area contributed by atoms with Gasteiger partial charge in [0.25, 0.3) is 0 Å². The fourth-order valence-electron chi connectivity index (χ4n) is 2.52. The Bertz CT molecular complexity index is 704. The molecule has 28 heavy (non-hydrogen) atoms. The number of hydrogen-bond acceptors (Lipinski definition) is 7. The number of ketones is 2. The van der Waals surface area contributed by atoms with Crippen LogP contribution < -0.4 is 5.32 Å². The molecule has 10 heteroatoms. The lowest BCUT2D eigenvalue weighted by Gasteiger charge is -2.16. The molecule has 1 aromatic rings. The lowest BCUT2D eigenvalue weighted by Crippen LogP contribution is -2.41. The third kappa shape index (κ3) is 9.45. The van der Waals surface area contributed by atoms with Gasteiger partial charge < -0.3 is 20.2 Å². The summed E-state index contributed by atoms with van der Waals surface area (Å²) >= 11 is 0.780. The van der Waals surface area contributed by atoms with Crippen molar-refractivity contribution >= 4 is 40.3 Å². The number of hydrogen-bond donors (Lipinski definition) is 3. The van der Waals surface area contributed by atoms with Crippen LogP contribution in [0.25, 0.3) is 0 Å². The van der Waals surface area contributed by atoms with Gasteiger partial charge >= 0.3 is 5.97 Å². The van der Waals surface area contributed by atoms with Crippen LogP contribution >= 0.6 is 11.8 Å². The largest absolute Gasteiger partial charge is 0.480 e. The van der Waals surface area contributed by atoms with E-state index in [1.165, 1.54) is 20.2 Å². The van der Waals surface area contributed by atoms with Crippen molar-refractivity contribution in [1.29, 1.82) is 0 Å². The minimum Gasteiger partial charge on any atom is -0.480 e. The van der Waals surface area contributed by atoms with E-state index in [0.717, 1.165) is 11.8 Å². The fraction of sp³-hybridized carbons (Fsp3) is 0.556. The number of aliphatic carboxylic acids is 1. The van der Waals surface area contributed by atoms with Gasteiger partial charge in [-0.25, -0.2) is 9.78 Å². The van der Waals surface area contributed by atoms with Crippen LogP contribution in [0.3, 0.4) is 0 Å². The summed E-state index contributed by atoms with van der Waals surface area (Å²) < 4.78 is 0. The van der Waals surface area contributed by atoms with Crippen molar-refractivity contribution < 1.29 is 29.1 Å². The van der Waals surface area contributed by atoms with Crippen molar-refractivity contribution in [3.05, 3.63) is 18.2 Å². The molecule has 1 aromatic heterocycles. The molecule has 0 aliphatic heterocycles. The average molecular weight is 411 g/mol. The van der Waals surface area contributed by atoms with E-state index < -0.39 is 23.8 Å². The van der Waals surface area contributed by atoms with Gasteiger partial charge in [0.2, 0.25) is 5.91 Å². The highest BCUT2D eigenvalue weighted by Gasteiger charge is 2.26. The van der Waals surface area contributed by atoms with Crippen molar-refractivity contribution in [3.8, 4) is 0 Å². The molecule has 0 aliphatic rings. The monoisotopic (exact) mass is 411 g/mol. The van der Waals surface area contributed by atoms with Gasteiger partial charge in [0, 0.05) is 56.2 Å². The Labute approximate surface area is 167 Å². The minimum atomic E-state index is -1.24. The predicted molar refractivity (Wildman–Crippen MR) is 103 cm³/mol. The van der Waals surface area contributed by atoms with E-state index in [1.54, 1.807) is 6.20 Å². The summed E-state index contributed by atoms with van der Waals surface area (Å²) in [5.74, 6) is -2.65. The lowest BCUT2D eigenvalue weighted by molar-refractivity contribution is -0.140. The van der Waals surface area contributed by atoms with Crippen LogP contribution in [0, 0.1) is 5.92 Å². The molecule has 0 saturated heterocycles. The second kappa shape index (κ2) is 12.1. The van der Waals surface area contributed by atoms with E-state index >= 15 is 0 Å². The standard InChI is InChI=1S/C18H25N3O6S/c1-11(22)4-3-5-15(24)7-13(6-14-8-19-10-20-14)18(27)28-9-16(17(25)26)21-12(2)23/h8,10,13,16H,3-7,9H2,1-2H3,(H,19,20)(H,21,23)(H,25,26)/t13-,16?/m1/s1. The molecule has 0 spiro atoms. The molecule has 0 aromatic carbocycles. The summed E-state index contributed by atoms with van der Waals surface area (Å²) in [5, 5.41) is 11.1. The number of carboxylic acids is 1. The zero-order chi connectivity index (χ0) is 21.1. The summed E-state index contributed by atoms with van der Waals surface area (Å²) in [6, 6.07) is -1.19. The van der Waals surface area contributed by atoms with Gasteiger partial charge in [0.05, 0.1) is 6.33 Å². The van der Waals surface area contributed by atoms with Crippen molar-refractivity contribution in [2.45, 2.75) is 52.0 Å². The first-order valence-electron chi connectivity index (χ1n) is 8.84. The molecule has 2 atom stereocenters. The summed E-state index contributed by atoms with van der Waals surface area (Å²) in [6.07, 6.45) is 4.26. The quantitative estimate of drug-likeness (QED) is 0.438. The molecule has 9 nitrogen and oxygen atoms in total. The first kappa shape index (κ1) is 23.5. The molecule has 1 amide bonds. The van der Waals surface area contributed by atoms with E-state index in [-0.39, 0.29) is 41.7 Å². The second-order valence-corrected chi connectivity index (χ2v) is 7.52. The molecule has 0 bridgehead atoms. The Kier molecular flexibility index (Phi) is 10.1. The number of nitrogens with one attached hydrogen (secondary N) is 2. The van der Waals surface area contributed by atoms with E-state index in [2.05, 4.69) is 15.3 Å². The fourth-order valence-corrected chi connectivity index (χ4v) is 3.47. The number of H-pyrrole nitrogens is 1. The number of thioether (sulfide) groups is 1. The van der Waals surface area contributed by atoms with E-state index in [4.69, 9.17) is 5.11 Å². The topological polar surface area (TPSA) is 146 Å². The maximum atomic E-state index is 12.6. The molecular weight excluding hydrogens is 386 g/mol. The highest BCUT2D eigenvalue weighted by Crippen LogP contribution is 2.21. The number of carbonyl (C=O) groups excluding carboxylic acids is 4. The number of amides is 1. The summed E-state index contributed by atoms with van der Waals surface area (Å²) in [7, 11) is 0. The SMILES string of the molecule is CC(=O)CCCC(=O)C[C@@H](Cc1cnc[nH]1)C(=O)SCC(NC(C)=O)C(=O)O. The molecule has 0 aliphatic carbocycles. The van der Waals surface area contributed by atoms with Crippen molar-refractivity contribution in [1.82, 2.24) is 15.3 Å². The summed E-state index contributed by atoms with van der Waals surface area (Å²) in [6.45, 7) is 2.66. The smallest absolute Gasteiger partial charge is 0.327 e. The highest BCUT2D eigenvalue weighted by molar-refractivity contribution is 8.13. The number of rotatable bonds is 13. The van der Waals surface area contributed by atoms with Crippen LogP contribution in [-0.2, 0) is 30.4 Å². The van der Waals surface area contributed by atoms with Crippen molar-refractivity contribution in [3.63, 3.8) is 0 Å². The van der Waals surface area contributed by atoms with Crippen LogP contribution in [0.1, 0.15) is 45.2 Å². The Morgan fingerprint density at radius 1 is 1.21 bits per heavy atom. The minimum absolute atomic E-state index is 0.000628. The first-order chi connectivity index (χ1) is 13.2. The second-order valence-electron chi connectivity index (χ2n) is 6.50. The Morgan fingerprint density at radius 3 is 2.46 bits per heavy atom. The molecule has 1 heterocycles. The highest BCUT2D eigenvalue weighted by atomic mass is 32.2. The number of nitrogens with zero attached hydrogens (tertiary/aromatic N) is 1. The lowest BCUT2D eigenvalue weighted by atomic mass is 9.96. The number of aromatic amines is 1. The first-order valence-corrected chi connectivity index (χ1v) is 9.82. The summed E-state index contributed by atoms with van der Waals surface area (Å²) in [5.41, 5.74) is 0.687. The van der Waals surface area contributed by atoms with Crippen LogP contribution in [0.15, 0.2) is 12.5 Å². The van der Waals surface area contributed by atoms with Gasteiger partial charge in [-0.2, -0.15) is 0 Å². The van der Waals surface area contributed by atoms with E-state index in [1.807, 2.05) is 0 Å². The molecule has 0 radical (unpaired) electrons. The Balaban J connectivity index is 2.70. The van der Waals surface area contributed by atoms with Gasteiger partial charge in [0.1, 0.15) is 17.6 Å². The molecule has 0 saturated carbocycles. The van der Waals surface area contributed by atoms with Gasteiger partial charge in [-0.1, -0.05) is 11.8 Å². The number of Topliss-reactive ketones (excluding diaryl/α,β-unsaturated/α-hetero) is 2. The number of imidazole rings is 1. The van der Waals surface area contributed by atoms with Crippen molar-refractivity contribution in [2.24, 2.45) is 5.92 Å². The Morgan fingerprint density at radius 2 is 1.93 bits per heavy atom. The van der Waals surface area contributed by atoms with E-state index in [0.29, 0.717) is 18.5 Å². The average Bonchev–Trinajstić information content (AvgIpc) is 3.10. The molecular formula is C18H25N3O6S. The predicted octanol–water partition coefficient (Wildman–Crippen LogP) is 1.14. The van der Waals surface area contributed by atoms with Crippen LogP contribution in [0.4, 0.5) is 0 Å². The maximum absolute atomic E-state index is 12.6. The molecule has 3 N–H and O–H groups in total. The van der Waals surface area contributed by atoms with Gasteiger partial charge in [0.15, 0.2) is 5.12 Å². The normalized spacial score (nSPS) is 12.8. The third-order valence-electron chi connectivity index (χ3n) is 3.88. The molecule has 1 unspecified atom stereocenters.